The zero-order valence-electron chi connectivity index (χ0n) is 25.1. The number of nitrogens with one attached hydrogen (secondary N) is 2. The van der Waals surface area contributed by atoms with Crippen LogP contribution < -0.4 is 20.1 Å². The lowest BCUT2D eigenvalue weighted by Crippen LogP contribution is -2.52. The summed E-state index contributed by atoms with van der Waals surface area (Å²) >= 11 is 0. The summed E-state index contributed by atoms with van der Waals surface area (Å²) < 4.78 is 18.9. The summed E-state index contributed by atoms with van der Waals surface area (Å²) in [5.41, 5.74) is 2.08. The van der Waals surface area contributed by atoms with Crippen LogP contribution in [-0.2, 0) is 16.1 Å². The molecule has 3 heterocycles. The van der Waals surface area contributed by atoms with Gasteiger partial charge in [0, 0.05) is 12.1 Å². The lowest BCUT2D eigenvalue weighted by molar-refractivity contribution is -0.130. The van der Waals surface area contributed by atoms with Gasteiger partial charge >= 0.3 is 0 Å². The van der Waals surface area contributed by atoms with Crippen molar-refractivity contribution in [3.05, 3.63) is 71.9 Å². The normalized spacial score (nSPS) is 16.4. The highest BCUT2D eigenvalue weighted by molar-refractivity contribution is 5.96. The van der Waals surface area contributed by atoms with Crippen LogP contribution >= 0.6 is 0 Å². The molecule has 0 unspecified atom stereocenters. The van der Waals surface area contributed by atoms with Crippen LogP contribution in [0, 0.1) is 12.8 Å². The SMILES string of the molecule is COc1ccc2cc1OCCCN(C(=O)c1cnnn1-c1ccccc1)CC(=O)N[C@@H](C(C)C)C(=O)NCc1nc-2oc1C. The molecular formula is C31H35N7O6. The van der Waals surface area contributed by atoms with Crippen LogP contribution in [0.2, 0.25) is 0 Å². The first-order valence-electron chi connectivity index (χ1n) is 14.3. The second kappa shape index (κ2) is 13.4. The summed E-state index contributed by atoms with van der Waals surface area (Å²) in [7, 11) is 1.55. The summed E-state index contributed by atoms with van der Waals surface area (Å²) in [6.45, 7) is 5.65. The van der Waals surface area contributed by atoms with Crippen LogP contribution in [0.25, 0.3) is 17.1 Å². The molecule has 5 rings (SSSR count). The largest absolute Gasteiger partial charge is 0.493 e. The Bertz CT molecular complexity index is 1630. The average Bonchev–Trinajstić information content (AvgIpc) is 3.66. The Hall–Kier alpha value is -5.20. The molecule has 3 amide bonds. The van der Waals surface area contributed by atoms with Gasteiger partial charge in [-0.15, -0.1) is 5.10 Å². The maximum absolute atomic E-state index is 13.8. The number of aryl methyl sites for hydroxylation is 1. The number of benzene rings is 2. The number of nitrogens with zero attached hydrogens (tertiary/aromatic N) is 5. The molecule has 0 saturated carbocycles. The molecule has 0 spiro atoms. The number of hydrogen-bond donors (Lipinski definition) is 2. The minimum Gasteiger partial charge on any atom is -0.493 e. The Morgan fingerprint density at radius 2 is 1.93 bits per heavy atom. The number of carbonyl (C=O) groups excluding carboxylic acids is 3. The van der Waals surface area contributed by atoms with Gasteiger partial charge in [-0.25, -0.2) is 9.67 Å². The molecule has 1 aliphatic heterocycles. The van der Waals surface area contributed by atoms with Gasteiger partial charge in [-0.05, 0) is 49.6 Å². The van der Waals surface area contributed by atoms with E-state index in [1.807, 2.05) is 38.1 Å². The highest BCUT2D eigenvalue weighted by atomic mass is 16.5. The Kier molecular flexibility index (Phi) is 9.22. The fraction of sp³-hybridized carbons (Fsp3) is 0.355. The molecule has 13 nitrogen and oxygen atoms in total. The molecule has 13 heteroatoms. The van der Waals surface area contributed by atoms with Crippen molar-refractivity contribution in [2.75, 3.05) is 26.8 Å². The number of para-hydroxylation sites is 1. The third-order valence-electron chi connectivity index (χ3n) is 7.22. The predicted molar refractivity (Wildman–Crippen MR) is 159 cm³/mol. The third-order valence-corrected chi connectivity index (χ3v) is 7.22. The van der Waals surface area contributed by atoms with Crippen molar-refractivity contribution < 1.29 is 28.3 Å². The van der Waals surface area contributed by atoms with Gasteiger partial charge < -0.3 is 29.4 Å². The molecule has 2 aromatic carbocycles. The standard InChI is InChI=1S/C31H35N7O6/c1-19(2)28-29(40)32-16-23-20(3)44-30(34-23)21-11-12-25(42-4)26(15-21)43-14-8-13-37(18-27(39)35-28)31(41)24-17-33-36-38(24)22-9-6-5-7-10-22/h5-7,9-12,15,17,19,28H,8,13-14,16,18H2,1-4H3,(H,32,40)(H,35,39)/t28-/m0/s1. The quantitative estimate of drug-likeness (QED) is 0.359. The first-order chi connectivity index (χ1) is 21.2. The van der Waals surface area contributed by atoms with E-state index < -0.39 is 17.9 Å². The summed E-state index contributed by atoms with van der Waals surface area (Å²) in [5, 5.41) is 13.7. The minimum atomic E-state index is -0.839. The number of methoxy groups -OCH3 is 1. The Morgan fingerprint density at radius 1 is 1.14 bits per heavy atom. The van der Waals surface area contributed by atoms with E-state index >= 15 is 0 Å². The third kappa shape index (κ3) is 6.72. The van der Waals surface area contributed by atoms with Gasteiger partial charge in [-0.3, -0.25) is 14.4 Å². The summed E-state index contributed by atoms with van der Waals surface area (Å²) in [6.07, 6.45) is 1.75. The zero-order valence-corrected chi connectivity index (χ0v) is 25.1. The molecule has 0 fully saturated rings. The zero-order chi connectivity index (χ0) is 31.2. The van der Waals surface area contributed by atoms with Crippen molar-refractivity contribution in [3.8, 4) is 28.6 Å². The lowest BCUT2D eigenvalue weighted by Gasteiger charge is -2.26. The molecule has 0 radical (unpaired) electrons. The molecule has 0 saturated heterocycles. The van der Waals surface area contributed by atoms with Crippen LogP contribution in [-0.4, -0.2) is 75.4 Å². The number of amides is 3. The maximum atomic E-state index is 13.8. The van der Waals surface area contributed by atoms with Crippen LogP contribution in [0.15, 0.2) is 59.1 Å². The van der Waals surface area contributed by atoms with E-state index in [0.29, 0.717) is 46.5 Å². The monoisotopic (exact) mass is 601 g/mol. The van der Waals surface area contributed by atoms with Crippen molar-refractivity contribution in [2.24, 2.45) is 5.92 Å². The number of carbonyl (C=O) groups is 3. The highest BCUT2D eigenvalue weighted by Crippen LogP contribution is 2.33. The van der Waals surface area contributed by atoms with Crippen LogP contribution in [0.5, 0.6) is 11.5 Å². The van der Waals surface area contributed by atoms with Gasteiger partial charge in [0.1, 0.15) is 17.5 Å². The lowest BCUT2D eigenvalue weighted by atomic mass is 10.0. The number of rotatable bonds is 4. The summed E-state index contributed by atoms with van der Waals surface area (Å²) in [6, 6.07) is 13.6. The second-order valence-electron chi connectivity index (χ2n) is 10.7. The molecule has 1 atom stereocenters. The van der Waals surface area contributed by atoms with Gasteiger partial charge in [0.05, 0.1) is 38.7 Å². The fourth-order valence-electron chi connectivity index (χ4n) is 4.84. The Labute approximate surface area is 254 Å². The highest BCUT2D eigenvalue weighted by Gasteiger charge is 2.28. The number of fused-ring (bicyclic) bond motifs is 5. The number of oxazole rings is 1. The molecular weight excluding hydrogens is 566 g/mol. The van der Waals surface area contributed by atoms with Crippen molar-refractivity contribution in [2.45, 2.75) is 39.8 Å². The van der Waals surface area contributed by atoms with E-state index in [2.05, 4.69) is 25.9 Å². The first kappa shape index (κ1) is 30.3. The Balaban J connectivity index is 1.45. The van der Waals surface area contributed by atoms with Gasteiger partial charge in [-0.1, -0.05) is 37.3 Å². The van der Waals surface area contributed by atoms with Gasteiger partial charge in [0.2, 0.25) is 17.7 Å². The van der Waals surface area contributed by atoms with E-state index in [9.17, 15) is 14.4 Å². The molecule has 4 bridgehead atoms. The average molecular weight is 602 g/mol. The van der Waals surface area contributed by atoms with Gasteiger partial charge in [-0.2, -0.15) is 0 Å². The number of ether oxygens (including phenoxy) is 2. The first-order valence-corrected chi connectivity index (χ1v) is 14.3. The van der Waals surface area contributed by atoms with Gasteiger partial charge in [0.25, 0.3) is 5.91 Å². The second-order valence-corrected chi connectivity index (χ2v) is 10.7. The van der Waals surface area contributed by atoms with Crippen LogP contribution in [0.4, 0.5) is 0 Å². The molecule has 2 N–H and O–H groups in total. The molecule has 230 valence electrons. The van der Waals surface area contributed by atoms with Crippen LogP contribution in [0.3, 0.4) is 0 Å². The smallest absolute Gasteiger partial charge is 0.274 e. The summed E-state index contributed by atoms with van der Waals surface area (Å²) in [4.78, 5) is 46.4. The minimum absolute atomic E-state index is 0.105. The number of hydrogen-bond acceptors (Lipinski definition) is 9. The Morgan fingerprint density at radius 3 is 2.68 bits per heavy atom. The van der Waals surface area contributed by atoms with Crippen molar-refractivity contribution in [1.29, 1.82) is 0 Å². The topological polar surface area (TPSA) is 154 Å². The van der Waals surface area contributed by atoms with Crippen molar-refractivity contribution >= 4 is 17.7 Å². The maximum Gasteiger partial charge on any atom is 0.274 e. The molecule has 2 aromatic heterocycles. The van der Waals surface area contributed by atoms with Crippen molar-refractivity contribution in [3.63, 3.8) is 0 Å². The number of aromatic nitrogens is 4. The van der Waals surface area contributed by atoms with E-state index in [0.717, 1.165) is 0 Å². The van der Waals surface area contributed by atoms with Gasteiger partial charge in [0.15, 0.2) is 17.2 Å². The van der Waals surface area contributed by atoms with E-state index in [-0.39, 0.29) is 43.8 Å². The van der Waals surface area contributed by atoms with E-state index in [1.165, 1.54) is 15.8 Å². The van der Waals surface area contributed by atoms with E-state index in [1.54, 1.807) is 38.3 Å². The van der Waals surface area contributed by atoms with Crippen molar-refractivity contribution in [1.82, 2.24) is 35.5 Å². The fourth-order valence-corrected chi connectivity index (χ4v) is 4.84. The predicted octanol–water partition coefficient (Wildman–Crippen LogP) is 2.92. The van der Waals surface area contributed by atoms with E-state index in [4.69, 9.17) is 13.9 Å². The van der Waals surface area contributed by atoms with Crippen LogP contribution in [0.1, 0.15) is 42.2 Å². The summed E-state index contributed by atoms with van der Waals surface area (Å²) in [5.74, 6) is 0.391. The molecule has 1 aliphatic rings. The molecule has 4 aromatic rings. The molecule has 0 aliphatic carbocycles. The molecule has 44 heavy (non-hydrogen) atoms.